The predicted molar refractivity (Wildman–Crippen MR) is 88.3 cm³/mol. The highest BCUT2D eigenvalue weighted by molar-refractivity contribution is 6.04. The summed E-state index contributed by atoms with van der Waals surface area (Å²) in [7, 11) is 0. The van der Waals surface area contributed by atoms with Crippen LogP contribution in [0, 0.1) is 28.1 Å². The van der Waals surface area contributed by atoms with E-state index in [-0.39, 0.29) is 22.7 Å². The number of Topliss-reactive ketones (excluding diaryl/α,β-unsaturated/α-hetero) is 1. The second-order valence-corrected chi connectivity index (χ2v) is 7.89. The van der Waals surface area contributed by atoms with Gasteiger partial charge in [-0.3, -0.25) is 4.79 Å². The van der Waals surface area contributed by atoms with Gasteiger partial charge in [0.1, 0.15) is 6.07 Å². The smallest absolute Gasteiger partial charge is 0.178 e. The quantitative estimate of drug-likeness (QED) is 0.859. The molecule has 0 bridgehead atoms. The molecule has 1 aromatic carbocycles. The van der Waals surface area contributed by atoms with Crippen molar-refractivity contribution in [1.82, 2.24) is 0 Å². The fourth-order valence-electron chi connectivity index (χ4n) is 4.87. The molecule has 2 aliphatic rings. The molecule has 0 saturated heterocycles. The summed E-state index contributed by atoms with van der Waals surface area (Å²) in [6.45, 7) is 5.96. The molecule has 0 aliphatic heterocycles. The third-order valence-electron chi connectivity index (χ3n) is 5.92. The van der Waals surface area contributed by atoms with Gasteiger partial charge in [-0.05, 0) is 36.2 Å². The molecule has 0 unspecified atom stereocenters. The van der Waals surface area contributed by atoms with Crippen molar-refractivity contribution < 1.29 is 9.90 Å². The van der Waals surface area contributed by atoms with Gasteiger partial charge in [-0.15, -0.1) is 0 Å². The highest BCUT2D eigenvalue weighted by atomic mass is 16.3. The molecule has 2 aliphatic carbocycles. The van der Waals surface area contributed by atoms with Crippen molar-refractivity contribution >= 4 is 5.78 Å². The second kappa shape index (κ2) is 5.04. The standard InChI is InChI=1S/C20H23NO2/c1-18(2)16-9-10-20(23,15-7-5-4-6-8-15)13-19(16,3)11-14(12-21)17(18)22/h4-8,11,16,23H,9-10,13H2,1-3H3/t16-,19-,20-/m0/s1. The fourth-order valence-corrected chi connectivity index (χ4v) is 4.87. The Morgan fingerprint density at radius 1 is 1.22 bits per heavy atom. The molecular weight excluding hydrogens is 286 g/mol. The van der Waals surface area contributed by atoms with Gasteiger partial charge in [0.25, 0.3) is 0 Å². The Bertz CT molecular complexity index is 713. The normalized spacial score (nSPS) is 35.9. The van der Waals surface area contributed by atoms with E-state index in [2.05, 4.69) is 13.0 Å². The SMILES string of the molecule is CC1(C)C(=O)C(C#N)=C[C@@]2(C)C[C@](O)(c3ccccc3)CC[C@@H]12. The molecule has 23 heavy (non-hydrogen) atoms. The van der Waals surface area contributed by atoms with E-state index in [1.165, 1.54) is 0 Å². The zero-order valence-corrected chi connectivity index (χ0v) is 14.0. The Hall–Kier alpha value is -1.92. The van der Waals surface area contributed by atoms with Crippen LogP contribution in [-0.2, 0) is 10.4 Å². The minimum absolute atomic E-state index is 0.0624. The summed E-state index contributed by atoms with van der Waals surface area (Å²) in [6, 6.07) is 11.8. The summed E-state index contributed by atoms with van der Waals surface area (Å²) in [5.41, 5.74) is -0.662. The van der Waals surface area contributed by atoms with Crippen LogP contribution in [0.4, 0.5) is 0 Å². The van der Waals surface area contributed by atoms with Gasteiger partial charge in [-0.1, -0.05) is 57.2 Å². The van der Waals surface area contributed by atoms with Gasteiger partial charge in [0, 0.05) is 5.41 Å². The Morgan fingerprint density at radius 2 is 1.87 bits per heavy atom. The van der Waals surface area contributed by atoms with E-state index in [0.717, 1.165) is 12.0 Å². The maximum absolute atomic E-state index is 12.6. The number of carbonyl (C=O) groups is 1. The lowest BCUT2D eigenvalue weighted by molar-refractivity contribution is -0.138. The molecule has 3 heteroatoms. The van der Waals surface area contributed by atoms with Crippen molar-refractivity contribution in [3.8, 4) is 6.07 Å². The lowest BCUT2D eigenvalue weighted by Gasteiger charge is -2.54. The molecule has 3 nitrogen and oxygen atoms in total. The van der Waals surface area contributed by atoms with Crippen LogP contribution < -0.4 is 0 Å². The molecular formula is C20H23NO2. The highest BCUT2D eigenvalue weighted by Crippen LogP contribution is 2.59. The average Bonchev–Trinajstić information content (AvgIpc) is 2.51. The highest BCUT2D eigenvalue weighted by Gasteiger charge is 2.56. The topological polar surface area (TPSA) is 61.1 Å². The van der Waals surface area contributed by atoms with Gasteiger partial charge in [0.2, 0.25) is 0 Å². The first-order chi connectivity index (χ1) is 10.7. The maximum atomic E-state index is 12.6. The van der Waals surface area contributed by atoms with Crippen LogP contribution in [-0.4, -0.2) is 10.9 Å². The summed E-state index contributed by atoms with van der Waals surface area (Å²) in [4.78, 5) is 12.6. The van der Waals surface area contributed by atoms with Crippen LogP contribution >= 0.6 is 0 Å². The number of rotatable bonds is 1. The monoisotopic (exact) mass is 309 g/mol. The molecule has 0 amide bonds. The summed E-state index contributed by atoms with van der Waals surface area (Å²) >= 11 is 0. The van der Waals surface area contributed by atoms with E-state index < -0.39 is 11.0 Å². The number of nitriles is 1. The van der Waals surface area contributed by atoms with Crippen LogP contribution in [0.2, 0.25) is 0 Å². The number of allylic oxidation sites excluding steroid dienone is 2. The maximum Gasteiger partial charge on any atom is 0.178 e. The average molecular weight is 309 g/mol. The molecule has 0 heterocycles. The van der Waals surface area contributed by atoms with Crippen LogP contribution in [0.15, 0.2) is 42.0 Å². The predicted octanol–water partition coefficient (Wildman–Crippen LogP) is 3.74. The third kappa shape index (κ3) is 2.33. The Labute approximate surface area is 137 Å². The zero-order valence-electron chi connectivity index (χ0n) is 14.0. The minimum atomic E-state index is -0.903. The molecule has 120 valence electrons. The Kier molecular flexibility index (Phi) is 3.50. The van der Waals surface area contributed by atoms with Gasteiger partial charge >= 0.3 is 0 Å². The number of hydrogen-bond donors (Lipinski definition) is 1. The lowest BCUT2D eigenvalue weighted by Crippen LogP contribution is -2.52. The largest absolute Gasteiger partial charge is 0.385 e. The molecule has 0 radical (unpaired) electrons. The first-order valence-electron chi connectivity index (χ1n) is 8.19. The Morgan fingerprint density at radius 3 is 2.48 bits per heavy atom. The van der Waals surface area contributed by atoms with Crippen LogP contribution in [0.25, 0.3) is 0 Å². The fraction of sp³-hybridized carbons (Fsp3) is 0.500. The van der Waals surface area contributed by atoms with E-state index in [4.69, 9.17) is 0 Å². The number of nitrogens with zero attached hydrogens (tertiary/aromatic N) is 1. The summed E-state index contributed by atoms with van der Waals surface area (Å²) in [6.07, 6.45) is 3.77. The van der Waals surface area contributed by atoms with Crippen molar-refractivity contribution in [3.63, 3.8) is 0 Å². The Balaban J connectivity index is 2.06. The molecule has 1 N–H and O–H groups in total. The number of fused-ring (bicyclic) bond motifs is 1. The number of ketones is 1. The number of benzene rings is 1. The molecule has 3 atom stereocenters. The number of hydrogen-bond acceptors (Lipinski definition) is 3. The summed E-state index contributed by atoms with van der Waals surface area (Å²) < 4.78 is 0. The van der Waals surface area contributed by atoms with Gasteiger partial charge in [-0.25, -0.2) is 0 Å². The van der Waals surface area contributed by atoms with Crippen molar-refractivity contribution in [2.75, 3.05) is 0 Å². The lowest BCUT2D eigenvalue weighted by atomic mass is 9.50. The molecule has 0 spiro atoms. The molecule has 1 saturated carbocycles. The third-order valence-corrected chi connectivity index (χ3v) is 5.92. The van der Waals surface area contributed by atoms with Gasteiger partial charge in [0.05, 0.1) is 11.2 Å². The summed E-state index contributed by atoms with van der Waals surface area (Å²) in [5.74, 6) is 0.0798. The van der Waals surface area contributed by atoms with Gasteiger partial charge < -0.3 is 5.11 Å². The first-order valence-corrected chi connectivity index (χ1v) is 8.19. The van der Waals surface area contributed by atoms with Crippen LogP contribution in [0.5, 0.6) is 0 Å². The van der Waals surface area contributed by atoms with E-state index in [9.17, 15) is 15.2 Å². The van der Waals surface area contributed by atoms with E-state index >= 15 is 0 Å². The van der Waals surface area contributed by atoms with Crippen molar-refractivity contribution in [3.05, 3.63) is 47.5 Å². The molecule has 1 aromatic rings. The van der Waals surface area contributed by atoms with Crippen LogP contribution in [0.1, 0.15) is 45.6 Å². The number of aliphatic hydroxyl groups is 1. The molecule has 0 aromatic heterocycles. The van der Waals surface area contributed by atoms with Gasteiger partial charge in [0.15, 0.2) is 5.78 Å². The summed E-state index contributed by atoms with van der Waals surface area (Å²) in [5, 5.41) is 20.6. The van der Waals surface area contributed by atoms with E-state index in [0.29, 0.717) is 12.8 Å². The zero-order chi connectivity index (χ0) is 16.9. The minimum Gasteiger partial charge on any atom is -0.385 e. The molecule has 1 fully saturated rings. The molecule has 3 rings (SSSR count). The van der Waals surface area contributed by atoms with Crippen molar-refractivity contribution in [2.45, 2.75) is 45.6 Å². The van der Waals surface area contributed by atoms with E-state index in [1.54, 1.807) is 0 Å². The van der Waals surface area contributed by atoms with Crippen molar-refractivity contribution in [2.24, 2.45) is 16.7 Å². The van der Waals surface area contributed by atoms with Crippen molar-refractivity contribution in [1.29, 1.82) is 5.26 Å². The van der Waals surface area contributed by atoms with Gasteiger partial charge in [-0.2, -0.15) is 5.26 Å². The van der Waals surface area contributed by atoms with E-state index in [1.807, 2.05) is 50.3 Å². The van der Waals surface area contributed by atoms with Crippen LogP contribution in [0.3, 0.4) is 0 Å². The second-order valence-electron chi connectivity index (χ2n) is 7.89. The first kappa shape index (κ1) is 16.0. The number of carbonyl (C=O) groups excluding carboxylic acids is 1.